The van der Waals surface area contributed by atoms with Crippen LogP contribution in [-0.4, -0.2) is 0 Å². The van der Waals surface area contributed by atoms with Gasteiger partial charge in [0, 0.05) is 10.9 Å². The molecule has 108 valence electrons. The molecule has 2 N–H and O–H groups in total. The Morgan fingerprint density at radius 3 is 2.30 bits per heavy atom. The maximum absolute atomic E-state index is 6.38. The van der Waals surface area contributed by atoms with Crippen molar-refractivity contribution in [2.75, 3.05) is 0 Å². The highest BCUT2D eigenvalue weighted by Gasteiger charge is 2.15. The zero-order chi connectivity index (χ0) is 14.8. The number of thiophene rings is 1. The van der Waals surface area contributed by atoms with E-state index in [1.807, 2.05) is 0 Å². The van der Waals surface area contributed by atoms with Gasteiger partial charge in [0.25, 0.3) is 0 Å². The van der Waals surface area contributed by atoms with Crippen LogP contribution in [0.3, 0.4) is 0 Å². The minimum atomic E-state index is 0.116. The van der Waals surface area contributed by atoms with E-state index in [1.54, 1.807) is 11.3 Å². The van der Waals surface area contributed by atoms with Crippen LogP contribution in [0.25, 0.3) is 0 Å². The lowest BCUT2D eigenvalue weighted by atomic mass is 9.86. The fraction of sp³-hybridized carbons (Fsp3) is 0.444. The first-order valence-electron chi connectivity index (χ1n) is 7.33. The Kier molecular flexibility index (Phi) is 4.66. The molecule has 1 unspecified atom stereocenters. The molecule has 0 aliphatic carbocycles. The van der Waals surface area contributed by atoms with E-state index >= 15 is 0 Å². The van der Waals surface area contributed by atoms with Gasteiger partial charge in [0.1, 0.15) is 0 Å². The number of rotatable bonds is 4. The zero-order valence-electron chi connectivity index (χ0n) is 12.9. The van der Waals surface area contributed by atoms with Crippen LogP contribution in [0.5, 0.6) is 0 Å². The van der Waals surface area contributed by atoms with Crippen molar-refractivity contribution in [3.05, 3.63) is 57.3 Å². The number of benzene rings is 1. The quantitative estimate of drug-likeness (QED) is 0.854. The van der Waals surface area contributed by atoms with Crippen molar-refractivity contribution in [2.45, 2.75) is 52.0 Å². The summed E-state index contributed by atoms with van der Waals surface area (Å²) in [7, 11) is 0. The molecule has 20 heavy (non-hydrogen) atoms. The number of aryl methyl sites for hydroxylation is 1. The van der Waals surface area contributed by atoms with Gasteiger partial charge in [-0.05, 0) is 46.4 Å². The SMILES string of the molecule is CCc1ccsc1C(N)Cc1ccc(C(C)(C)C)cc1. The molecule has 0 spiro atoms. The fourth-order valence-corrected chi connectivity index (χ4v) is 3.45. The summed E-state index contributed by atoms with van der Waals surface area (Å²) in [6, 6.07) is 11.2. The van der Waals surface area contributed by atoms with Gasteiger partial charge in [-0.15, -0.1) is 11.3 Å². The van der Waals surface area contributed by atoms with Crippen LogP contribution in [0.2, 0.25) is 0 Å². The van der Waals surface area contributed by atoms with Gasteiger partial charge in [-0.2, -0.15) is 0 Å². The van der Waals surface area contributed by atoms with E-state index in [4.69, 9.17) is 5.73 Å². The standard InChI is InChI=1S/C18H25NS/c1-5-14-10-11-20-17(14)16(19)12-13-6-8-15(9-7-13)18(2,3)4/h6-11,16H,5,12,19H2,1-4H3. The van der Waals surface area contributed by atoms with E-state index in [2.05, 4.69) is 63.4 Å². The third kappa shape index (κ3) is 3.50. The van der Waals surface area contributed by atoms with Crippen molar-refractivity contribution in [1.82, 2.24) is 0 Å². The van der Waals surface area contributed by atoms with Crippen molar-refractivity contribution in [1.29, 1.82) is 0 Å². The molecule has 0 saturated carbocycles. The molecule has 2 aromatic rings. The van der Waals surface area contributed by atoms with Crippen LogP contribution >= 0.6 is 11.3 Å². The Hall–Kier alpha value is -1.12. The lowest BCUT2D eigenvalue weighted by molar-refractivity contribution is 0.589. The average molecular weight is 287 g/mol. The molecule has 0 saturated heterocycles. The minimum absolute atomic E-state index is 0.116. The third-order valence-electron chi connectivity index (χ3n) is 3.77. The van der Waals surface area contributed by atoms with Gasteiger partial charge >= 0.3 is 0 Å². The van der Waals surface area contributed by atoms with E-state index in [0.717, 1.165) is 12.8 Å². The van der Waals surface area contributed by atoms with Crippen LogP contribution in [0.15, 0.2) is 35.7 Å². The maximum Gasteiger partial charge on any atom is 0.0433 e. The molecule has 1 aromatic carbocycles. The maximum atomic E-state index is 6.38. The summed E-state index contributed by atoms with van der Waals surface area (Å²) >= 11 is 1.78. The molecule has 1 atom stereocenters. The van der Waals surface area contributed by atoms with Gasteiger partial charge in [-0.3, -0.25) is 0 Å². The van der Waals surface area contributed by atoms with Gasteiger partial charge in [-0.1, -0.05) is 52.0 Å². The topological polar surface area (TPSA) is 26.0 Å². The molecule has 0 aliphatic rings. The van der Waals surface area contributed by atoms with Crippen LogP contribution in [0, 0.1) is 0 Å². The molecular formula is C18H25NS. The number of nitrogens with two attached hydrogens (primary N) is 1. The molecule has 0 fully saturated rings. The van der Waals surface area contributed by atoms with Crippen LogP contribution in [0.1, 0.15) is 55.3 Å². The monoisotopic (exact) mass is 287 g/mol. The highest BCUT2D eigenvalue weighted by molar-refractivity contribution is 7.10. The molecule has 2 heteroatoms. The van der Waals surface area contributed by atoms with Crippen LogP contribution < -0.4 is 5.73 Å². The Morgan fingerprint density at radius 2 is 1.75 bits per heavy atom. The smallest absolute Gasteiger partial charge is 0.0433 e. The Bertz CT molecular complexity index is 546. The summed E-state index contributed by atoms with van der Waals surface area (Å²) in [4.78, 5) is 1.34. The molecule has 1 heterocycles. The van der Waals surface area contributed by atoms with Crippen LogP contribution in [-0.2, 0) is 18.3 Å². The lowest BCUT2D eigenvalue weighted by Gasteiger charge is -2.19. The normalized spacial score (nSPS) is 13.4. The first kappa shape index (κ1) is 15.3. The summed E-state index contributed by atoms with van der Waals surface area (Å²) in [5.41, 5.74) is 10.7. The highest BCUT2D eigenvalue weighted by Crippen LogP contribution is 2.27. The van der Waals surface area contributed by atoms with Gasteiger partial charge in [0.2, 0.25) is 0 Å². The molecule has 0 aliphatic heterocycles. The van der Waals surface area contributed by atoms with Gasteiger partial charge in [-0.25, -0.2) is 0 Å². The van der Waals surface area contributed by atoms with Crippen molar-refractivity contribution in [3.8, 4) is 0 Å². The molecule has 2 rings (SSSR count). The van der Waals surface area contributed by atoms with Crippen molar-refractivity contribution < 1.29 is 0 Å². The zero-order valence-corrected chi connectivity index (χ0v) is 13.8. The van der Waals surface area contributed by atoms with Gasteiger partial charge in [0.15, 0.2) is 0 Å². The lowest BCUT2D eigenvalue weighted by Crippen LogP contribution is -2.14. The summed E-state index contributed by atoms with van der Waals surface area (Å²) in [5.74, 6) is 0. The predicted octanol–water partition coefficient (Wildman–Crippen LogP) is 4.85. The Balaban J connectivity index is 2.10. The summed E-state index contributed by atoms with van der Waals surface area (Å²) < 4.78 is 0. The molecule has 1 nitrogen and oxygen atoms in total. The molecule has 0 amide bonds. The van der Waals surface area contributed by atoms with E-state index in [-0.39, 0.29) is 11.5 Å². The van der Waals surface area contributed by atoms with Crippen molar-refractivity contribution in [2.24, 2.45) is 5.73 Å². The second kappa shape index (κ2) is 6.11. The van der Waals surface area contributed by atoms with E-state index in [9.17, 15) is 0 Å². The molecule has 1 aromatic heterocycles. The van der Waals surface area contributed by atoms with Gasteiger partial charge in [0.05, 0.1) is 0 Å². The third-order valence-corrected chi connectivity index (χ3v) is 4.87. The summed E-state index contributed by atoms with van der Waals surface area (Å²) in [6.07, 6.45) is 1.98. The number of hydrogen-bond acceptors (Lipinski definition) is 2. The first-order chi connectivity index (χ1) is 9.41. The van der Waals surface area contributed by atoms with E-state index < -0.39 is 0 Å². The molecule has 0 radical (unpaired) electrons. The van der Waals surface area contributed by atoms with Gasteiger partial charge < -0.3 is 5.73 Å². The first-order valence-corrected chi connectivity index (χ1v) is 8.21. The fourth-order valence-electron chi connectivity index (χ4n) is 2.45. The Morgan fingerprint density at radius 1 is 1.10 bits per heavy atom. The molecule has 0 bridgehead atoms. The van der Waals surface area contributed by atoms with E-state index in [0.29, 0.717) is 0 Å². The summed E-state index contributed by atoms with van der Waals surface area (Å²) in [6.45, 7) is 8.92. The molecular weight excluding hydrogens is 262 g/mol. The highest BCUT2D eigenvalue weighted by atomic mass is 32.1. The minimum Gasteiger partial charge on any atom is -0.323 e. The number of hydrogen-bond donors (Lipinski definition) is 1. The van der Waals surface area contributed by atoms with E-state index in [1.165, 1.54) is 21.6 Å². The van der Waals surface area contributed by atoms with Crippen molar-refractivity contribution >= 4 is 11.3 Å². The largest absolute Gasteiger partial charge is 0.323 e. The second-order valence-electron chi connectivity index (χ2n) is 6.42. The van der Waals surface area contributed by atoms with Crippen LogP contribution in [0.4, 0.5) is 0 Å². The van der Waals surface area contributed by atoms with Crippen molar-refractivity contribution in [3.63, 3.8) is 0 Å². The Labute approximate surface area is 126 Å². The average Bonchev–Trinajstić information content (AvgIpc) is 2.86. The summed E-state index contributed by atoms with van der Waals surface area (Å²) in [5, 5.41) is 2.15. The predicted molar refractivity (Wildman–Crippen MR) is 89.5 cm³/mol. The second-order valence-corrected chi connectivity index (χ2v) is 7.37.